The topological polar surface area (TPSA) is 72.7 Å². The van der Waals surface area contributed by atoms with Crippen LogP contribution in [0.5, 0.6) is 0 Å². The summed E-state index contributed by atoms with van der Waals surface area (Å²) in [4.78, 5) is 17.0. The first-order chi connectivity index (χ1) is 12.6. The van der Waals surface area contributed by atoms with Gasteiger partial charge in [0.05, 0.1) is 16.9 Å². The van der Waals surface area contributed by atoms with Crippen molar-refractivity contribution in [2.45, 2.75) is 13.8 Å². The Kier molecular flexibility index (Phi) is 3.93. The molecule has 0 saturated heterocycles. The number of aromatic nitrogens is 4. The van der Waals surface area contributed by atoms with Crippen LogP contribution in [0.15, 0.2) is 60.8 Å². The minimum atomic E-state index is -0.294. The van der Waals surface area contributed by atoms with E-state index in [-0.39, 0.29) is 5.91 Å². The lowest BCUT2D eigenvalue weighted by molar-refractivity contribution is 0.102. The molecule has 1 amide bonds. The number of hydrogen-bond acceptors (Lipinski definition) is 4. The SMILES string of the molecule is Cc1ccccc1-n1nnc(C(=O)Nc2ccc3cccnc3c2)c1C. The van der Waals surface area contributed by atoms with Crippen LogP contribution in [0, 0.1) is 13.8 Å². The van der Waals surface area contributed by atoms with Gasteiger partial charge in [0, 0.05) is 17.3 Å². The van der Waals surface area contributed by atoms with Crippen LogP contribution in [0.3, 0.4) is 0 Å². The fourth-order valence-corrected chi connectivity index (χ4v) is 2.90. The lowest BCUT2D eigenvalue weighted by Crippen LogP contribution is -2.14. The van der Waals surface area contributed by atoms with Crippen molar-refractivity contribution in [2.24, 2.45) is 0 Å². The Hall–Kier alpha value is -3.54. The van der Waals surface area contributed by atoms with Crippen LogP contribution < -0.4 is 5.32 Å². The molecule has 1 N–H and O–H groups in total. The van der Waals surface area contributed by atoms with Crippen LogP contribution >= 0.6 is 0 Å². The van der Waals surface area contributed by atoms with Crippen molar-refractivity contribution in [3.8, 4) is 5.69 Å². The van der Waals surface area contributed by atoms with E-state index in [9.17, 15) is 4.79 Å². The molecule has 0 fully saturated rings. The Morgan fingerprint density at radius 1 is 1.04 bits per heavy atom. The number of fused-ring (bicyclic) bond motifs is 1. The van der Waals surface area contributed by atoms with E-state index in [1.807, 2.05) is 68.4 Å². The number of hydrogen-bond donors (Lipinski definition) is 1. The Bertz CT molecular complexity index is 1120. The molecule has 0 spiro atoms. The van der Waals surface area contributed by atoms with Gasteiger partial charge in [0.1, 0.15) is 0 Å². The number of carbonyl (C=O) groups is 1. The van der Waals surface area contributed by atoms with Crippen molar-refractivity contribution in [1.82, 2.24) is 20.0 Å². The molecule has 0 radical (unpaired) electrons. The highest BCUT2D eigenvalue weighted by Gasteiger charge is 2.18. The van der Waals surface area contributed by atoms with Crippen LogP contribution in [-0.4, -0.2) is 25.9 Å². The predicted molar refractivity (Wildman–Crippen MR) is 101 cm³/mol. The Morgan fingerprint density at radius 2 is 1.88 bits per heavy atom. The van der Waals surface area contributed by atoms with Gasteiger partial charge in [-0.1, -0.05) is 35.5 Å². The molecule has 2 aromatic carbocycles. The van der Waals surface area contributed by atoms with Gasteiger partial charge in [-0.2, -0.15) is 0 Å². The second-order valence-electron chi connectivity index (χ2n) is 6.09. The van der Waals surface area contributed by atoms with Crippen molar-refractivity contribution in [3.05, 3.63) is 77.7 Å². The molecule has 2 aromatic heterocycles. The summed E-state index contributed by atoms with van der Waals surface area (Å²) in [5.41, 5.74) is 4.46. The van der Waals surface area contributed by atoms with Gasteiger partial charge < -0.3 is 5.32 Å². The smallest absolute Gasteiger partial charge is 0.278 e. The number of anilines is 1. The molecule has 128 valence electrons. The van der Waals surface area contributed by atoms with E-state index >= 15 is 0 Å². The van der Waals surface area contributed by atoms with Crippen LogP contribution in [0.25, 0.3) is 16.6 Å². The van der Waals surface area contributed by atoms with Crippen molar-refractivity contribution in [3.63, 3.8) is 0 Å². The van der Waals surface area contributed by atoms with E-state index in [1.54, 1.807) is 10.9 Å². The van der Waals surface area contributed by atoms with Gasteiger partial charge in [0.25, 0.3) is 5.91 Å². The molecule has 2 heterocycles. The van der Waals surface area contributed by atoms with Crippen LogP contribution in [-0.2, 0) is 0 Å². The van der Waals surface area contributed by atoms with E-state index in [1.165, 1.54) is 0 Å². The minimum Gasteiger partial charge on any atom is -0.320 e. The van der Waals surface area contributed by atoms with E-state index in [4.69, 9.17) is 0 Å². The van der Waals surface area contributed by atoms with Gasteiger partial charge in [-0.3, -0.25) is 9.78 Å². The molecule has 6 heteroatoms. The number of pyridine rings is 1. The molecule has 0 aliphatic carbocycles. The molecule has 0 bridgehead atoms. The zero-order chi connectivity index (χ0) is 18.1. The zero-order valence-electron chi connectivity index (χ0n) is 14.5. The molecule has 0 aliphatic rings. The molecule has 26 heavy (non-hydrogen) atoms. The maximum Gasteiger partial charge on any atom is 0.278 e. The number of nitrogens with zero attached hydrogens (tertiary/aromatic N) is 4. The molecule has 6 nitrogen and oxygen atoms in total. The Morgan fingerprint density at radius 3 is 2.73 bits per heavy atom. The fraction of sp³-hybridized carbons (Fsp3) is 0.100. The summed E-state index contributed by atoms with van der Waals surface area (Å²) in [6.45, 7) is 3.83. The summed E-state index contributed by atoms with van der Waals surface area (Å²) >= 11 is 0. The molecular formula is C20H17N5O. The highest BCUT2D eigenvalue weighted by Crippen LogP contribution is 2.19. The summed E-state index contributed by atoms with van der Waals surface area (Å²) in [6.07, 6.45) is 1.73. The average molecular weight is 343 g/mol. The maximum absolute atomic E-state index is 12.7. The molecule has 0 saturated carbocycles. The second-order valence-corrected chi connectivity index (χ2v) is 6.09. The van der Waals surface area contributed by atoms with Gasteiger partial charge in [-0.05, 0) is 43.7 Å². The molecule has 4 aromatic rings. The van der Waals surface area contributed by atoms with E-state index in [0.717, 1.165) is 22.2 Å². The predicted octanol–water partition coefficient (Wildman–Crippen LogP) is 3.68. The second kappa shape index (κ2) is 6.40. The first-order valence-electron chi connectivity index (χ1n) is 8.28. The number of nitrogens with one attached hydrogen (secondary N) is 1. The highest BCUT2D eigenvalue weighted by atomic mass is 16.2. The summed E-state index contributed by atoms with van der Waals surface area (Å²) in [5, 5.41) is 12.1. The summed E-state index contributed by atoms with van der Waals surface area (Å²) in [5.74, 6) is -0.294. The number of benzene rings is 2. The van der Waals surface area contributed by atoms with Crippen LogP contribution in [0.2, 0.25) is 0 Å². The fourth-order valence-electron chi connectivity index (χ4n) is 2.90. The maximum atomic E-state index is 12.7. The van der Waals surface area contributed by atoms with Crippen molar-refractivity contribution in [2.75, 3.05) is 5.32 Å². The Balaban J connectivity index is 1.63. The quantitative estimate of drug-likeness (QED) is 0.616. The molecule has 0 atom stereocenters. The largest absolute Gasteiger partial charge is 0.320 e. The third-order valence-corrected chi connectivity index (χ3v) is 4.32. The van der Waals surface area contributed by atoms with Gasteiger partial charge in [0.2, 0.25) is 0 Å². The average Bonchev–Trinajstić information content (AvgIpc) is 3.03. The monoisotopic (exact) mass is 343 g/mol. The minimum absolute atomic E-state index is 0.294. The number of aryl methyl sites for hydroxylation is 1. The summed E-state index contributed by atoms with van der Waals surface area (Å²) < 4.78 is 1.69. The Labute approximate surface area is 150 Å². The van der Waals surface area contributed by atoms with Gasteiger partial charge >= 0.3 is 0 Å². The van der Waals surface area contributed by atoms with Gasteiger partial charge in [-0.25, -0.2) is 4.68 Å². The number of amides is 1. The third kappa shape index (κ3) is 2.82. The normalized spacial score (nSPS) is 10.8. The lowest BCUT2D eigenvalue weighted by Gasteiger charge is -2.07. The van der Waals surface area contributed by atoms with E-state index in [0.29, 0.717) is 17.1 Å². The lowest BCUT2D eigenvalue weighted by atomic mass is 10.2. The number of rotatable bonds is 3. The van der Waals surface area contributed by atoms with Crippen molar-refractivity contribution < 1.29 is 4.79 Å². The number of carbonyl (C=O) groups excluding carboxylic acids is 1. The summed E-state index contributed by atoms with van der Waals surface area (Å²) in [7, 11) is 0. The highest BCUT2D eigenvalue weighted by molar-refractivity contribution is 6.04. The van der Waals surface area contributed by atoms with Crippen molar-refractivity contribution >= 4 is 22.5 Å². The number of para-hydroxylation sites is 1. The van der Waals surface area contributed by atoms with E-state index < -0.39 is 0 Å². The standard InChI is InChI=1S/C20H17N5O/c1-13-6-3-4-8-18(13)25-14(2)19(23-24-25)20(26)22-16-10-9-15-7-5-11-21-17(15)12-16/h3-12H,1-2H3,(H,22,26). The molecule has 4 rings (SSSR count). The van der Waals surface area contributed by atoms with Gasteiger partial charge in [0.15, 0.2) is 5.69 Å². The molecule has 0 unspecified atom stereocenters. The first kappa shape index (κ1) is 16.0. The molecular weight excluding hydrogens is 326 g/mol. The third-order valence-electron chi connectivity index (χ3n) is 4.32. The van der Waals surface area contributed by atoms with Gasteiger partial charge in [-0.15, -0.1) is 5.10 Å². The van der Waals surface area contributed by atoms with E-state index in [2.05, 4.69) is 20.6 Å². The zero-order valence-corrected chi connectivity index (χ0v) is 14.5. The van der Waals surface area contributed by atoms with Crippen LogP contribution in [0.4, 0.5) is 5.69 Å². The first-order valence-corrected chi connectivity index (χ1v) is 8.28. The molecule has 0 aliphatic heterocycles. The summed E-state index contributed by atoms with van der Waals surface area (Å²) in [6, 6.07) is 17.3. The van der Waals surface area contributed by atoms with Crippen molar-refractivity contribution in [1.29, 1.82) is 0 Å². The van der Waals surface area contributed by atoms with Crippen LogP contribution in [0.1, 0.15) is 21.7 Å².